The number of methoxy groups -OCH3 is 1. The summed E-state index contributed by atoms with van der Waals surface area (Å²) in [4.78, 5) is 44.3. The van der Waals surface area contributed by atoms with Crippen molar-refractivity contribution in [3.05, 3.63) is 94.7 Å². The van der Waals surface area contributed by atoms with E-state index in [4.69, 9.17) is 16.3 Å². The molecule has 0 atom stereocenters. The lowest BCUT2D eigenvalue weighted by atomic mass is 10.1. The number of amides is 3. The molecule has 3 amide bonds. The summed E-state index contributed by atoms with van der Waals surface area (Å²) >= 11 is 6.29. The molecular formula is C29H27ClN4O4. The predicted octanol–water partition coefficient (Wildman–Crippen LogP) is 4.40. The summed E-state index contributed by atoms with van der Waals surface area (Å²) in [5, 5.41) is 2.74. The maximum Gasteiger partial charge on any atom is 0.283 e. The van der Waals surface area contributed by atoms with Crippen LogP contribution in [0.3, 0.4) is 0 Å². The van der Waals surface area contributed by atoms with Crippen LogP contribution in [0.25, 0.3) is 0 Å². The molecule has 2 aliphatic heterocycles. The molecule has 5 rings (SSSR count). The molecule has 0 unspecified atom stereocenters. The van der Waals surface area contributed by atoms with Crippen LogP contribution >= 0.6 is 11.6 Å². The minimum absolute atomic E-state index is 0.0312. The first-order valence-corrected chi connectivity index (χ1v) is 12.6. The van der Waals surface area contributed by atoms with Crippen LogP contribution in [0.4, 0.5) is 17.1 Å². The number of halogens is 1. The fraction of sp³-hybridized carbons (Fsp3) is 0.207. The molecule has 1 saturated heterocycles. The number of hydrogen-bond acceptors (Lipinski definition) is 6. The lowest BCUT2D eigenvalue weighted by molar-refractivity contribution is -0.120. The highest BCUT2D eigenvalue weighted by Gasteiger charge is 2.40. The van der Waals surface area contributed by atoms with Crippen molar-refractivity contribution in [3.63, 3.8) is 0 Å². The molecule has 1 fully saturated rings. The Morgan fingerprint density at radius 3 is 2.24 bits per heavy atom. The number of carbonyl (C=O) groups is 3. The Labute approximate surface area is 226 Å². The second-order valence-electron chi connectivity index (χ2n) is 9.13. The van der Waals surface area contributed by atoms with Crippen molar-refractivity contribution in [1.82, 2.24) is 4.90 Å². The molecule has 1 N–H and O–H groups in total. The molecular weight excluding hydrogens is 504 g/mol. The summed E-state index contributed by atoms with van der Waals surface area (Å²) in [7, 11) is 1.47. The fourth-order valence-corrected chi connectivity index (χ4v) is 4.85. The Bertz CT molecular complexity index is 1410. The zero-order valence-corrected chi connectivity index (χ0v) is 21.9. The van der Waals surface area contributed by atoms with E-state index in [0.29, 0.717) is 35.8 Å². The minimum Gasteiger partial charge on any atom is -0.495 e. The molecule has 8 nitrogen and oxygen atoms in total. The van der Waals surface area contributed by atoms with Gasteiger partial charge in [-0.2, -0.15) is 0 Å². The van der Waals surface area contributed by atoms with E-state index in [2.05, 4.69) is 22.3 Å². The van der Waals surface area contributed by atoms with Crippen molar-refractivity contribution in [3.8, 4) is 5.75 Å². The van der Waals surface area contributed by atoms with E-state index < -0.39 is 11.8 Å². The van der Waals surface area contributed by atoms with E-state index in [0.717, 1.165) is 29.2 Å². The minimum atomic E-state index is -0.635. The normalized spacial score (nSPS) is 15.8. The van der Waals surface area contributed by atoms with Crippen LogP contribution in [-0.4, -0.2) is 55.9 Å². The van der Waals surface area contributed by atoms with Gasteiger partial charge in [0.1, 0.15) is 16.5 Å². The number of anilines is 3. The molecule has 0 aromatic heterocycles. The Morgan fingerprint density at radius 1 is 0.895 bits per heavy atom. The molecule has 38 heavy (non-hydrogen) atoms. The van der Waals surface area contributed by atoms with E-state index in [1.165, 1.54) is 7.11 Å². The fourth-order valence-electron chi connectivity index (χ4n) is 4.63. The van der Waals surface area contributed by atoms with Crippen molar-refractivity contribution in [2.75, 3.05) is 48.4 Å². The second-order valence-corrected chi connectivity index (χ2v) is 9.51. The number of nitrogens with one attached hydrogen (secondary N) is 1. The molecule has 0 aliphatic carbocycles. The maximum absolute atomic E-state index is 13.2. The quantitative estimate of drug-likeness (QED) is 0.476. The number of imide groups is 1. The Morgan fingerprint density at radius 2 is 1.58 bits per heavy atom. The molecule has 9 heteroatoms. The molecule has 194 valence electrons. The molecule has 2 aliphatic rings. The highest BCUT2D eigenvalue weighted by atomic mass is 35.5. The number of benzene rings is 3. The van der Waals surface area contributed by atoms with Gasteiger partial charge in [-0.25, -0.2) is 4.90 Å². The van der Waals surface area contributed by atoms with Gasteiger partial charge < -0.3 is 19.9 Å². The third-order valence-corrected chi connectivity index (χ3v) is 7.04. The van der Waals surface area contributed by atoms with Gasteiger partial charge in [-0.05, 0) is 61.0 Å². The number of nitrogens with zero attached hydrogens (tertiary/aromatic N) is 3. The van der Waals surface area contributed by atoms with Crippen molar-refractivity contribution in [2.24, 2.45) is 0 Å². The Hall–Kier alpha value is -4.30. The highest BCUT2D eigenvalue weighted by molar-refractivity contribution is 6.53. The van der Waals surface area contributed by atoms with Gasteiger partial charge >= 0.3 is 0 Å². The SMILES string of the molecule is COc1ccc(C)cc1N1C(=O)C(Cl)=C(Nc2ccc(C(=O)N3CCN(c4ccccc4)CC3)cc2)C1=O. The van der Waals surface area contributed by atoms with Gasteiger partial charge in [0.25, 0.3) is 17.7 Å². The van der Waals surface area contributed by atoms with Gasteiger partial charge in [-0.15, -0.1) is 0 Å². The predicted molar refractivity (Wildman–Crippen MR) is 148 cm³/mol. The lowest BCUT2D eigenvalue weighted by Gasteiger charge is -2.36. The van der Waals surface area contributed by atoms with Gasteiger partial charge in [0.2, 0.25) is 0 Å². The van der Waals surface area contributed by atoms with Crippen molar-refractivity contribution in [1.29, 1.82) is 0 Å². The monoisotopic (exact) mass is 530 g/mol. The maximum atomic E-state index is 13.2. The number of para-hydroxylation sites is 1. The van der Waals surface area contributed by atoms with Crippen molar-refractivity contribution >= 4 is 46.4 Å². The van der Waals surface area contributed by atoms with Crippen LogP contribution in [0.1, 0.15) is 15.9 Å². The largest absolute Gasteiger partial charge is 0.495 e. The molecule has 2 heterocycles. The molecule has 0 bridgehead atoms. The van der Waals surface area contributed by atoms with Crippen LogP contribution < -0.4 is 19.9 Å². The zero-order chi connectivity index (χ0) is 26.8. The second kappa shape index (κ2) is 10.6. The van der Waals surface area contributed by atoms with Crippen molar-refractivity contribution < 1.29 is 19.1 Å². The van der Waals surface area contributed by atoms with Crippen LogP contribution in [0.15, 0.2) is 83.5 Å². The number of aryl methyl sites for hydroxylation is 1. The summed E-state index contributed by atoms with van der Waals surface area (Å²) in [5.74, 6) is -0.883. The van der Waals surface area contributed by atoms with E-state index in [1.807, 2.05) is 36.1 Å². The number of rotatable bonds is 6. The average molecular weight is 531 g/mol. The van der Waals surface area contributed by atoms with E-state index in [-0.39, 0.29) is 16.6 Å². The Balaban J connectivity index is 1.25. The highest BCUT2D eigenvalue weighted by Crippen LogP contribution is 2.36. The first kappa shape index (κ1) is 25.4. The molecule has 0 spiro atoms. The van der Waals surface area contributed by atoms with Crippen LogP contribution in [0.5, 0.6) is 5.75 Å². The van der Waals surface area contributed by atoms with Gasteiger partial charge in [0.15, 0.2) is 0 Å². The van der Waals surface area contributed by atoms with E-state index in [9.17, 15) is 14.4 Å². The number of carbonyl (C=O) groups excluding carboxylic acids is 3. The first-order valence-electron chi connectivity index (χ1n) is 12.3. The molecule has 0 radical (unpaired) electrons. The van der Waals surface area contributed by atoms with Gasteiger partial charge in [0.05, 0.1) is 12.8 Å². The zero-order valence-electron chi connectivity index (χ0n) is 21.1. The lowest BCUT2D eigenvalue weighted by Crippen LogP contribution is -2.48. The third kappa shape index (κ3) is 4.82. The van der Waals surface area contributed by atoms with Crippen LogP contribution in [0, 0.1) is 6.92 Å². The van der Waals surface area contributed by atoms with E-state index >= 15 is 0 Å². The Kier molecular flexibility index (Phi) is 7.07. The summed E-state index contributed by atoms with van der Waals surface area (Å²) < 4.78 is 5.35. The number of ether oxygens (including phenoxy) is 1. The first-order chi connectivity index (χ1) is 18.4. The summed E-state index contributed by atoms with van der Waals surface area (Å²) in [6, 6.07) is 22.2. The summed E-state index contributed by atoms with van der Waals surface area (Å²) in [6.45, 7) is 4.64. The van der Waals surface area contributed by atoms with Gasteiger partial charge in [-0.3, -0.25) is 14.4 Å². The average Bonchev–Trinajstić information content (AvgIpc) is 3.16. The number of piperazine rings is 1. The number of hydrogen-bond donors (Lipinski definition) is 1. The van der Waals surface area contributed by atoms with Crippen LogP contribution in [0.2, 0.25) is 0 Å². The van der Waals surface area contributed by atoms with Crippen molar-refractivity contribution in [2.45, 2.75) is 6.92 Å². The third-order valence-electron chi connectivity index (χ3n) is 6.69. The summed E-state index contributed by atoms with van der Waals surface area (Å²) in [5.41, 5.74) is 3.39. The van der Waals surface area contributed by atoms with Crippen LogP contribution in [-0.2, 0) is 9.59 Å². The standard InChI is InChI=1S/C29H27ClN4O4/c1-19-8-13-24(38-2)23(18-19)34-28(36)25(30)26(29(34)37)31-21-11-9-20(10-12-21)27(35)33-16-14-32(15-17-33)22-6-4-3-5-7-22/h3-13,18,31H,14-17H2,1-2H3. The van der Waals surface area contributed by atoms with Gasteiger partial charge in [-0.1, -0.05) is 35.9 Å². The van der Waals surface area contributed by atoms with E-state index in [1.54, 1.807) is 36.4 Å². The smallest absolute Gasteiger partial charge is 0.283 e. The molecule has 0 saturated carbocycles. The molecule has 3 aromatic carbocycles. The molecule has 3 aromatic rings. The summed E-state index contributed by atoms with van der Waals surface area (Å²) in [6.07, 6.45) is 0. The topological polar surface area (TPSA) is 82.2 Å². The van der Waals surface area contributed by atoms with Gasteiger partial charge in [0, 0.05) is 43.1 Å².